The van der Waals surface area contributed by atoms with E-state index in [1.807, 2.05) is 30.3 Å². The second-order valence-electron chi connectivity index (χ2n) is 3.97. The molecule has 1 radical (unpaired) electrons. The molecular formula is C12H15O2. The molecule has 1 aliphatic carbocycles. The van der Waals surface area contributed by atoms with E-state index in [2.05, 4.69) is 4.89 Å². The number of rotatable bonds is 3. The lowest BCUT2D eigenvalue weighted by Crippen LogP contribution is -2.11. The molecule has 2 nitrogen and oxygen atoms in total. The highest BCUT2D eigenvalue weighted by molar-refractivity contribution is 5.18. The van der Waals surface area contributed by atoms with Crippen LogP contribution in [0.25, 0.3) is 0 Å². The second-order valence-corrected chi connectivity index (χ2v) is 3.97. The van der Waals surface area contributed by atoms with Gasteiger partial charge >= 0.3 is 0 Å². The number of benzene rings is 1. The van der Waals surface area contributed by atoms with Gasteiger partial charge in [-0.1, -0.05) is 43.2 Å². The van der Waals surface area contributed by atoms with Crippen molar-refractivity contribution < 1.29 is 10.1 Å². The fourth-order valence-electron chi connectivity index (χ4n) is 2.31. The molecule has 2 rings (SSSR count). The maximum Gasteiger partial charge on any atom is 0.124 e. The summed E-state index contributed by atoms with van der Waals surface area (Å²) in [5.74, 6) is 0.426. The average Bonchev–Trinajstić information content (AvgIpc) is 2.74. The van der Waals surface area contributed by atoms with Gasteiger partial charge in [0.05, 0.1) is 0 Å². The zero-order chi connectivity index (χ0) is 9.80. The highest BCUT2D eigenvalue weighted by Crippen LogP contribution is 2.37. The summed E-state index contributed by atoms with van der Waals surface area (Å²) < 4.78 is 0. The van der Waals surface area contributed by atoms with Crippen molar-refractivity contribution in [3.05, 3.63) is 35.9 Å². The molecular weight excluding hydrogens is 176 g/mol. The molecule has 1 fully saturated rings. The molecule has 0 amide bonds. The normalized spacial score (nSPS) is 19.8. The first kappa shape index (κ1) is 9.69. The van der Waals surface area contributed by atoms with Gasteiger partial charge in [-0.3, -0.25) is 0 Å². The number of hydrogen-bond acceptors (Lipinski definition) is 1. The zero-order valence-electron chi connectivity index (χ0n) is 8.19. The quantitative estimate of drug-likeness (QED) is 0.532. The first-order valence-electron chi connectivity index (χ1n) is 5.25. The summed E-state index contributed by atoms with van der Waals surface area (Å²) in [6.07, 6.45) is 4.48. The van der Waals surface area contributed by atoms with Crippen molar-refractivity contribution in [2.75, 3.05) is 0 Å². The lowest BCUT2D eigenvalue weighted by Gasteiger charge is -2.18. The van der Waals surface area contributed by atoms with E-state index in [0.717, 1.165) is 18.4 Å². The second kappa shape index (κ2) is 4.58. The molecule has 0 N–H and O–H groups in total. The molecule has 1 aliphatic rings. The highest BCUT2D eigenvalue weighted by Gasteiger charge is 2.27. The molecule has 0 heterocycles. The average molecular weight is 191 g/mol. The third-order valence-corrected chi connectivity index (χ3v) is 3.06. The minimum atomic E-state index is -0.237. The topological polar surface area (TPSA) is 29.1 Å². The van der Waals surface area contributed by atoms with Gasteiger partial charge in [0.2, 0.25) is 0 Å². The molecule has 1 atom stereocenters. The Balaban J connectivity index is 2.12. The monoisotopic (exact) mass is 191 g/mol. The predicted octanol–water partition coefficient (Wildman–Crippen LogP) is 3.28. The van der Waals surface area contributed by atoms with Gasteiger partial charge in [-0.05, 0) is 29.6 Å². The molecule has 1 saturated carbocycles. The van der Waals surface area contributed by atoms with Crippen molar-refractivity contribution in [2.24, 2.45) is 5.92 Å². The van der Waals surface area contributed by atoms with Gasteiger partial charge < -0.3 is 0 Å². The van der Waals surface area contributed by atoms with Crippen LogP contribution in [0.1, 0.15) is 37.4 Å². The van der Waals surface area contributed by atoms with E-state index in [1.54, 1.807) is 0 Å². The lowest BCUT2D eigenvalue weighted by molar-refractivity contribution is -0.347. The van der Waals surface area contributed by atoms with E-state index < -0.39 is 0 Å². The fraction of sp³-hybridized carbons (Fsp3) is 0.500. The Bertz CT molecular complexity index is 265. The Kier molecular flexibility index (Phi) is 3.17. The molecule has 1 unspecified atom stereocenters. The predicted molar refractivity (Wildman–Crippen MR) is 52.9 cm³/mol. The minimum absolute atomic E-state index is 0.237. The van der Waals surface area contributed by atoms with Crippen LogP contribution in [0.2, 0.25) is 0 Å². The van der Waals surface area contributed by atoms with E-state index in [0.29, 0.717) is 5.92 Å². The smallest absolute Gasteiger partial charge is 0.124 e. The van der Waals surface area contributed by atoms with Gasteiger partial charge in [-0.2, -0.15) is 4.89 Å². The maximum absolute atomic E-state index is 10.7. The SMILES string of the molecule is [O]OC(c1ccccc1)C1CCCC1. The first-order chi connectivity index (χ1) is 6.92. The Morgan fingerprint density at radius 3 is 2.36 bits per heavy atom. The molecule has 0 aliphatic heterocycles. The Morgan fingerprint density at radius 1 is 1.14 bits per heavy atom. The van der Waals surface area contributed by atoms with Gasteiger partial charge in [0, 0.05) is 0 Å². The van der Waals surface area contributed by atoms with E-state index in [4.69, 9.17) is 0 Å². The maximum atomic E-state index is 10.7. The summed E-state index contributed by atoms with van der Waals surface area (Å²) in [5.41, 5.74) is 1.02. The van der Waals surface area contributed by atoms with Gasteiger partial charge in [0.1, 0.15) is 6.10 Å². The van der Waals surface area contributed by atoms with E-state index in [1.165, 1.54) is 12.8 Å². The van der Waals surface area contributed by atoms with Crippen LogP contribution < -0.4 is 0 Å². The van der Waals surface area contributed by atoms with Gasteiger partial charge in [-0.15, -0.1) is 0 Å². The molecule has 0 saturated heterocycles. The first-order valence-corrected chi connectivity index (χ1v) is 5.25. The summed E-state index contributed by atoms with van der Waals surface area (Å²) in [6.45, 7) is 0. The van der Waals surface area contributed by atoms with Crippen molar-refractivity contribution >= 4 is 0 Å². The molecule has 1 aromatic rings. The summed E-state index contributed by atoms with van der Waals surface area (Å²) in [6, 6.07) is 9.81. The van der Waals surface area contributed by atoms with Gasteiger partial charge in [0.15, 0.2) is 0 Å². The highest BCUT2D eigenvalue weighted by atomic mass is 17.1. The van der Waals surface area contributed by atoms with Crippen LogP contribution in [0.4, 0.5) is 0 Å². The van der Waals surface area contributed by atoms with Crippen LogP contribution in [0.15, 0.2) is 30.3 Å². The minimum Gasteiger partial charge on any atom is -0.195 e. The van der Waals surface area contributed by atoms with Crippen LogP contribution in [-0.2, 0) is 10.1 Å². The Labute approximate surface area is 84.5 Å². The number of hydrogen-bond donors (Lipinski definition) is 0. The van der Waals surface area contributed by atoms with Crippen molar-refractivity contribution in [1.29, 1.82) is 0 Å². The Hall–Kier alpha value is -0.860. The van der Waals surface area contributed by atoms with Gasteiger partial charge in [0.25, 0.3) is 0 Å². The molecule has 0 bridgehead atoms. The largest absolute Gasteiger partial charge is 0.195 e. The molecule has 14 heavy (non-hydrogen) atoms. The third-order valence-electron chi connectivity index (χ3n) is 3.06. The summed E-state index contributed by atoms with van der Waals surface area (Å²) >= 11 is 0. The van der Waals surface area contributed by atoms with Crippen LogP contribution in [-0.4, -0.2) is 0 Å². The molecule has 2 heteroatoms. The van der Waals surface area contributed by atoms with E-state index in [9.17, 15) is 5.26 Å². The Morgan fingerprint density at radius 2 is 1.79 bits per heavy atom. The van der Waals surface area contributed by atoms with Crippen LogP contribution in [0.3, 0.4) is 0 Å². The lowest BCUT2D eigenvalue weighted by atomic mass is 9.94. The molecule has 0 aromatic heterocycles. The molecule has 75 valence electrons. The van der Waals surface area contributed by atoms with Crippen molar-refractivity contribution in [3.8, 4) is 0 Å². The summed E-state index contributed by atoms with van der Waals surface area (Å²) in [7, 11) is 0. The summed E-state index contributed by atoms with van der Waals surface area (Å²) in [4.78, 5) is 4.37. The molecule has 0 spiro atoms. The van der Waals surface area contributed by atoms with Crippen LogP contribution in [0, 0.1) is 5.92 Å². The van der Waals surface area contributed by atoms with Crippen molar-refractivity contribution in [3.63, 3.8) is 0 Å². The third kappa shape index (κ3) is 1.97. The summed E-state index contributed by atoms with van der Waals surface area (Å²) in [5, 5.41) is 10.7. The van der Waals surface area contributed by atoms with E-state index >= 15 is 0 Å². The van der Waals surface area contributed by atoms with Gasteiger partial charge in [-0.25, -0.2) is 0 Å². The van der Waals surface area contributed by atoms with E-state index in [-0.39, 0.29) is 6.10 Å². The zero-order valence-corrected chi connectivity index (χ0v) is 8.19. The van der Waals surface area contributed by atoms with Crippen LogP contribution in [0.5, 0.6) is 0 Å². The fourth-order valence-corrected chi connectivity index (χ4v) is 2.31. The van der Waals surface area contributed by atoms with Crippen LogP contribution >= 0.6 is 0 Å². The molecule has 1 aromatic carbocycles. The van der Waals surface area contributed by atoms with Crippen molar-refractivity contribution in [1.82, 2.24) is 0 Å². The van der Waals surface area contributed by atoms with Crippen molar-refractivity contribution in [2.45, 2.75) is 31.8 Å². The standard InChI is InChI=1S/C12H15O2/c13-14-12(11-8-4-5-9-11)10-6-2-1-3-7-10/h1-3,6-7,11-12H,4-5,8-9H2.